The molecule has 1 aromatic carbocycles. The van der Waals surface area contributed by atoms with Crippen LogP contribution in [-0.4, -0.2) is 26.8 Å². The Hall–Kier alpha value is -2.01. The Bertz CT molecular complexity index is 490. The van der Waals surface area contributed by atoms with Crippen LogP contribution in [0, 0.1) is 0 Å². The molecule has 5 heteroatoms. The molecule has 2 N–H and O–H groups in total. The summed E-state index contributed by atoms with van der Waals surface area (Å²) >= 11 is 0. The Kier molecular flexibility index (Phi) is 2.78. The summed E-state index contributed by atoms with van der Waals surface area (Å²) in [5, 5.41) is 7.62. The van der Waals surface area contributed by atoms with E-state index in [1.165, 1.54) is 10.9 Å². The van der Waals surface area contributed by atoms with Crippen molar-refractivity contribution < 1.29 is 4.79 Å². The van der Waals surface area contributed by atoms with Crippen molar-refractivity contribution in [2.75, 3.05) is 0 Å². The van der Waals surface area contributed by atoms with Gasteiger partial charge in [0.05, 0.1) is 17.9 Å². The van der Waals surface area contributed by atoms with Crippen molar-refractivity contribution in [2.24, 2.45) is 5.73 Å². The molecule has 1 atom stereocenters. The monoisotopic (exact) mass is 216 g/mol. The Morgan fingerprint density at radius 3 is 2.69 bits per heavy atom. The average Bonchev–Trinajstić information content (AvgIpc) is 2.77. The molecule has 0 bridgehead atoms. The molecule has 0 aliphatic rings. The molecule has 2 rings (SSSR count). The minimum absolute atomic E-state index is 0.172. The third kappa shape index (κ3) is 1.85. The standard InChI is InChI=1S/C11H12N4O/c1-8(12)11(16)10-7-13-14-15(10)9-5-3-2-4-6-9/h2-8H,12H2,1H3. The molecule has 5 nitrogen and oxygen atoms in total. The highest BCUT2D eigenvalue weighted by atomic mass is 16.1. The molecular weight excluding hydrogens is 204 g/mol. The highest BCUT2D eigenvalue weighted by molar-refractivity contribution is 5.98. The van der Waals surface area contributed by atoms with Crippen LogP contribution in [0.3, 0.4) is 0 Å². The molecule has 1 heterocycles. The summed E-state index contributed by atoms with van der Waals surface area (Å²) in [6.07, 6.45) is 1.43. The van der Waals surface area contributed by atoms with Crippen LogP contribution in [0.4, 0.5) is 0 Å². The highest BCUT2D eigenvalue weighted by Gasteiger charge is 2.17. The quantitative estimate of drug-likeness (QED) is 0.770. The van der Waals surface area contributed by atoms with Crippen LogP contribution in [0.15, 0.2) is 36.5 Å². The number of benzene rings is 1. The molecule has 0 aliphatic carbocycles. The third-order valence-corrected chi connectivity index (χ3v) is 2.22. The van der Waals surface area contributed by atoms with Gasteiger partial charge in [-0.25, -0.2) is 4.68 Å². The van der Waals surface area contributed by atoms with Gasteiger partial charge in [0.2, 0.25) is 0 Å². The van der Waals surface area contributed by atoms with Gasteiger partial charge < -0.3 is 5.73 Å². The van der Waals surface area contributed by atoms with Crippen molar-refractivity contribution in [3.63, 3.8) is 0 Å². The number of aromatic nitrogens is 3. The number of Topliss-reactive ketones (excluding diaryl/α,β-unsaturated/α-hetero) is 1. The fourth-order valence-corrected chi connectivity index (χ4v) is 1.40. The highest BCUT2D eigenvalue weighted by Crippen LogP contribution is 2.09. The average molecular weight is 216 g/mol. The molecule has 2 aromatic rings. The predicted molar refractivity (Wildman–Crippen MR) is 59.3 cm³/mol. The van der Waals surface area contributed by atoms with Gasteiger partial charge in [0.15, 0.2) is 5.78 Å². The maximum Gasteiger partial charge on any atom is 0.199 e. The van der Waals surface area contributed by atoms with Crippen LogP contribution in [0.5, 0.6) is 0 Å². The molecule has 1 unspecified atom stereocenters. The second-order valence-electron chi connectivity index (χ2n) is 3.52. The molecule has 0 saturated heterocycles. The zero-order valence-electron chi connectivity index (χ0n) is 8.87. The lowest BCUT2D eigenvalue weighted by Crippen LogP contribution is -2.28. The van der Waals surface area contributed by atoms with E-state index >= 15 is 0 Å². The van der Waals surface area contributed by atoms with E-state index in [1.807, 2.05) is 30.3 Å². The number of carbonyl (C=O) groups is 1. The van der Waals surface area contributed by atoms with Crippen LogP contribution in [0.25, 0.3) is 5.69 Å². The number of nitrogens with zero attached hydrogens (tertiary/aromatic N) is 3. The van der Waals surface area contributed by atoms with Crippen molar-refractivity contribution in [3.05, 3.63) is 42.2 Å². The maximum absolute atomic E-state index is 11.8. The minimum atomic E-state index is -0.555. The first-order valence-electron chi connectivity index (χ1n) is 4.96. The lowest BCUT2D eigenvalue weighted by Gasteiger charge is -2.06. The van der Waals surface area contributed by atoms with E-state index in [2.05, 4.69) is 10.3 Å². The Morgan fingerprint density at radius 1 is 1.38 bits per heavy atom. The second-order valence-corrected chi connectivity index (χ2v) is 3.52. The van der Waals surface area contributed by atoms with E-state index in [-0.39, 0.29) is 5.78 Å². The molecule has 0 fully saturated rings. The molecule has 0 amide bonds. The van der Waals surface area contributed by atoms with Crippen molar-refractivity contribution >= 4 is 5.78 Å². The van der Waals surface area contributed by atoms with Crippen molar-refractivity contribution in [1.82, 2.24) is 15.0 Å². The molecule has 16 heavy (non-hydrogen) atoms. The van der Waals surface area contributed by atoms with Gasteiger partial charge in [-0.2, -0.15) is 0 Å². The van der Waals surface area contributed by atoms with Crippen LogP contribution in [0.1, 0.15) is 17.4 Å². The number of ketones is 1. The van der Waals surface area contributed by atoms with E-state index in [4.69, 9.17) is 5.73 Å². The zero-order chi connectivity index (χ0) is 11.5. The van der Waals surface area contributed by atoms with Crippen molar-refractivity contribution in [2.45, 2.75) is 13.0 Å². The first kappa shape index (κ1) is 10.5. The second kappa shape index (κ2) is 4.24. The summed E-state index contributed by atoms with van der Waals surface area (Å²) in [5.74, 6) is -0.172. The molecule has 0 saturated carbocycles. The summed E-state index contributed by atoms with van der Waals surface area (Å²) in [6, 6.07) is 8.79. The Labute approximate surface area is 92.9 Å². The van der Waals surface area contributed by atoms with Crippen LogP contribution in [-0.2, 0) is 0 Å². The predicted octanol–water partition coefficient (Wildman–Crippen LogP) is 0.797. The normalized spacial score (nSPS) is 12.4. The summed E-state index contributed by atoms with van der Waals surface area (Å²) in [4.78, 5) is 11.8. The molecule has 1 aromatic heterocycles. The number of nitrogens with two attached hydrogens (primary N) is 1. The number of carbonyl (C=O) groups excluding carboxylic acids is 1. The molecule has 0 spiro atoms. The van der Waals surface area contributed by atoms with E-state index in [9.17, 15) is 4.79 Å². The first-order chi connectivity index (χ1) is 7.70. The van der Waals surface area contributed by atoms with E-state index < -0.39 is 6.04 Å². The van der Waals surface area contributed by atoms with Gasteiger partial charge in [-0.15, -0.1) is 5.10 Å². The van der Waals surface area contributed by atoms with Crippen molar-refractivity contribution in [3.8, 4) is 5.69 Å². The lowest BCUT2D eigenvalue weighted by molar-refractivity contribution is 0.0960. The fourth-order valence-electron chi connectivity index (χ4n) is 1.40. The van der Waals surface area contributed by atoms with E-state index in [0.29, 0.717) is 5.69 Å². The van der Waals surface area contributed by atoms with E-state index in [1.54, 1.807) is 6.92 Å². The van der Waals surface area contributed by atoms with Crippen LogP contribution >= 0.6 is 0 Å². The molecular formula is C11H12N4O. The van der Waals surface area contributed by atoms with Gasteiger partial charge >= 0.3 is 0 Å². The topological polar surface area (TPSA) is 73.8 Å². The lowest BCUT2D eigenvalue weighted by atomic mass is 10.2. The van der Waals surface area contributed by atoms with Gasteiger partial charge in [-0.1, -0.05) is 23.4 Å². The minimum Gasteiger partial charge on any atom is -0.321 e. The summed E-state index contributed by atoms with van der Waals surface area (Å²) in [5.41, 5.74) is 6.75. The van der Waals surface area contributed by atoms with Gasteiger partial charge in [0.25, 0.3) is 0 Å². The summed E-state index contributed by atoms with van der Waals surface area (Å²) in [7, 11) is 0. The smallest absolute Gasteiger partial charge is 0.199 e. The van der Waals surface area contributed by atoms with Crippen molar-refractivity contribution in [1.29, 1.82) is 0 Å². The third-order valence-electron chi connectivity index (χ3n) is 2.22. The van der Waals surface area contributed by atoms with Crippen LogP contribution in [0.2, 0.25) is 0 Å². The van der Waals surface area contributed by atoms with Gasteiger partial charge in [0, 0.05) is 0 Å². The number of hydrogen-bond donors (Lipinski definition) is 1. The van der Waals surface area contributed by atoms with Crippen LogP contribution < -0.4 is 5.73 Å². The molecule has 82 valence electrons. The Balaban J connectivity index is 2.45. The largest absolute Gasteiger partial charge is 0.321 e. The van der Waals surface area contributed by atoms with Gasteiger partial charge in [-0.3, -0.25) is 4.79 Å². The first-order valence-corrected chi connectivity index (χ1v) is 4.96. The van der Waals surface area contributed by atoms with Gasteiger partial charge in [-0.05, 0) is 19.1 Å². The number of para-hydroxylation sites is 1. The molecule has 0 aliphatic heterocycles. The molecule has 0 radical (unpaired) electrons. The SMILES string of the molecule is CC(N)C(=O)c1cnnn1-c1ccccc1. The summed E-state index contributed by atoms with van der Waals surface area (Å²) < 4.78 is 1.49. The number of rotatable bonds is 3. The zero-order valence-corrected chi connectivity index (χ0v) is 8.87. The Morgan fingerprint density at radius 2 is 2.06 bits per heavy atom. The van der Waals surface area contributed by atoms with E-state index in [0.717, 1.165) is 5.69 Å². The maximum atomic E-state index is 11.8. The fraction of sp³-hybridized carbons (Fsp3) is 0.182. The number of hydrogen-bond acceptors (Lipinski definition) is 4. The summed E-state index contributed by atoms with van der Waals surface area (Å²) in [6.45, 7) is 1.64. The van der Waals surface area contributed by atoms with Gasteiger partial charge in [0.1, 0.15) is 5.69 Å².